The monoisotopic (exact) mass is 339 g/mol. The number of aromatic nitrogens is 4. The predicted molar refractivity (Wildman–Crippen MR) is 86.1 cm³/mol. The van der Waals surface area contributed by atoms with Crippen molar-refractivity contribution >= 4 is 35.2 Å². The summed E-state index contributed by atoms with van der Waals surface area (Å²) in [5, 5.41) is 12.5. The van der Waals surface area contributed by atoms with Crippen molar-refractivity contribution in [3.8, 4) is 0 Å². The van der Waals surface area contributed by atoms with Crippen molar-refractivity contribution in [2.75, 3.05) is 17.7 Å². The molecule has 1 aliphatic heterocycles. The highest BCUT2D eigenvalue weighted by molar-refractivity contribution is 8.00. The number of carbonyl (C=O) groups excluding carboxylic acids is 1. The number of hydrogen-bond donors (Lipinski definition) is 0. The summed E-state index contributed by atoms with van der Waals surface area (Å²) in [5.41, 5.74) is 0.903. The summed E-state index contributed by atoms with van der Waals surface area (Å²) in [6.07, 6.45) is 2.74. The third-order valence-corrected chi connectivity index (χ3v) is 4.99. The van der Waals surface area contributed by atoms with Crippen LogP contribution in [0.5, 0.6) is 0 Å². The van der Waals surface area contributed by atoms with Gasteiger partial charge in [0.1, 0.15) is 5.82 Å². The molecule has 2 aromatic rings. The molecule has 0 bridgehead atoms. The fourth-order valence-corrected chi connectivity index (χ4v) is 3.72. The molecule has 0 radical (unpaired) electrons. The second-order valence-electron chi connectivity index (χ2n) is 5.05. The van der Waals surface area contributed by atoms with Crippen molar-refractivity contribution < 1.29 is 9.21 Å². The summed E-state index contributed by atoms with van der Waals surface area (Å²) < 4.78 is 7.27. The molecule has 0 aromatic carbocycles. The molecule has 0 saturated carbocycles. The quantitative estimate of drug-likeness (QED) is 0.823. The number of hydrogen-bond acceptors (Lipinski definition) is 7. The fraction of sp³-hybridized carbons (Fsp3) is 0.538. The van der Waals surface area contributed by atoms with Crippen molar-refractivity contribution in [3.63, 3.8) is 0 Å². The molecule has 1 saturated heterocycles. The van der Waals surface area contributed by atoms with E-state index in [-0.39, 0.29) is 11.2 Å². The summed E-state index contributed by atoms with van der Waals surface area (Å²) in [5.74, 6) is 2.18. The zero-order valence-corrected chi connectivity index (χ0v) is 14.3. The van der Waals surface area contributed by atoms with Gasteiger partial charge in [-0.3, -0.25) is 14.4 Å². The van der Waals surface area contributed by atoms with Crippen molar-refractivity contribution in [2.24, 2.45) is 7.05 Å². The Morgan fingerprint density at radius 1 is 1.45 bits per heavy atom. The minimum absolute atomic E-state index is 0.0672. The fourth-order valence-electron chi connectivity index (χ4n) is 2.43. The SMILES string of the molecule is CSCc1nnc(SC2CCN(c3cc(C)nn3C)C2=O)o1. The molecule has 1 atom stereocenters. The van der Waals surface area contributed by atoms with E-state index in [1.807, 2.05) is 26.3 Å². The van der Waals surface area contributed by atoms with Crippen LogP contribution in [-0.2, 0) is 17.6 Å². The van der Waals surface area contributed by atoms with Gasteiger partial charge in [-0.15, -0.1) is 10.2 Å². The number of aryl methyl sites for hydroxylation is 2. The Morgan fingerprint density at radius 2 is 2.27 bits per heavy atom. The molecule has 2 aromatic heterocycles. The molecule has 0 aliphatic carbocycles. The number of amides is 1. The van der Waals surface area contributed by atoms with Crippen molar-refractivity contribution in [3.05, 3.63) is 17.7 Å². The van der Waals surface area contributed by atoms with E-state index >= 15 is 0 Å². The zero-order chi connectivity index (χ0) is 15.7. The molecular formula is C13H17N5O2S2. The van der Waals surface area contributed by atoms with Crippen LogP contribution in [0.4, 0.5) is 5.82 Å². The highest BCUT2D eigenvalue weighted by atomic mass is 32.2. The van der Waals surface area contributed by atoms with Crippen LogP contribution in [0.1, 0.15) is 18.0 Å². The lowest BCUT2D eigenvalue weighted by Gasteiger charge is -2.15. The smallest absolute Gasteiger partial charge is 0.277 e. The molecule has 1 aliphatic rings. The summed E-state index contributed by atoms with van der Waals surface area (Å²) in [6, 6.07) is 1.92. The van der Waals surface area contributed by atoms with Crippen LogP contribution in [0.3, 0.4) is 0 Å². The molecule has 7 nitrogen and oxygen atoms in total. The third-order valence-electron chi connectivity index (χ3n) is 3.37. The number of thioether (sulfide) groups is 2. The summed E-state index contributed by atoms with van der Waals surface area (Å²) in [6.45, 7) is 2.60. The normalized spacial score (nSPS) is 18.4. The van der Waals surface area contributed by atoms with Crippen LogP contribution in [-0.4, -0.2) is 43.9 Å². The zero-order valence-electron chi connectivity index (χ0n) is 12.6. The number of rotatable bonds is 5. The average Bonchev–Trinajstić information content (AvgIpc) is 3.13. The first-order valence-electron chi connectivity index (χ1n) is 6.88. The van der Waals surface area contributed by atoms with E-state index in [9.17, 15) is 4.79 Å². The van der Waals surface area contributed by atoms with Gasteiger partial charge >= 0.3 is 0 Å². The second-order valence-corrected chi connectivity index (χ2v) is 7.07. The van der Waals surface area contributed by atoms with Crippen molar-refractivity contribution in [2.45, 2.75) is 29.6 Å². The average molecular weight is 339 g/mol. The van der Waals surface area contributed by atoms with E-state index in [1.54, 1.807) is 21.3 Å². The van der Waals surface area contributed by atoms with E-state index in [1.165, 1.54) is 11.8 Å². The van der Waals surface area contributed by atoms with Gasteiger partial charge in [0.15, 0.2) is 0 Å². The molecule has 0 spiro atoms. The molecule has 118 valence electrons. The van der Waals surface area contributed by atoms with Crippen LogP contribution in [0.2, 0.25) is 0 Å². The third kappa shape index (κ3) is 3.00. The Bertz CT molecular complexity index is 684. The first-order valence-corrected chi connectivity index (χ1v) is 9.16. The number of nitrogens with zero attached hydrogens (tertiary/aromatic N) is 5. The van der Waals surface area contributed by atoms with Gasteiger partial charge in [0, 0.05) is 19.7 Å². The predicted octanol–water partition coefficient (Wildman–Crippen LogP) is 1.87. The van der Waals surface area contributed by atoms with Gasteiger partial charge in [0.25, 0.3) is 5.22 Å². The van der Waals surface area contributed by atoms with Crippen molar-refractivity contribution in [1.29, 1.82) is 0 Å². The minimum atomic E-state index is -0.183. The molecule has 0 N–H and O–H groups in total. The van der Waals surface area contributed by atoms with Gasteiger partial charge in [0.2, 0.25) is 11.8 Å². The maximum absolute atomic E-state index is 12.6. The summed E-state index contributed by atoms with van der Waals surface area (Å²) >= 11 is 2.97. The van der Waals surface area contributed by atoms with Gasteiger partial charge < -0.3 is 4.42 Å². The molecule has 1 unspecified atom stereocenters. The summed E-state index contributed by atoms with van der Waals surface area (Å²) in [4.78, 5) is 14.3. The Hall–Kier alpha value is -1.48. The second kappa shape index (κ2) is 6.33. The van der Waals surface area contributed by atoms with Crippen LogP contribution >= 0.6 is 23.5 Å². The van der Waals surface area contributed by atoms with E-state index in [4.69, 9.17) is 4.42 Å². The first-order chi connectivity index (χ1) is 10.6. The lowest BCUT2D eigenvalue weighted by molar-refractivity contribution is -0.116. The van der Waals surface area contributed by atoms with Crippen molar-refractivity contribution in [1.82, 2.24) is 20.0 Å². The van der Waals surface area contributed by atoms with Crippen LogP contribution in [0, 0.1) is 6.92 Å². The van der Waals surface area contributed by atoms with Gasteiger partial charge in [-0.1, -0.05) is 11.8 Å². The van der Waals surface area contributed by atoms with Crippen LogP contribution in [0.15, 0.2) is 15.7 Å². The van der Waals surface area contributed by atoms with Gasteiger partial charge in [-0.2, -0.15) is 16.9 Å². The van der Waals surface area contributed by atoms with Crippen LogP contribution < -0.4 is 4.90 Å². The molecule has 22 heavy (non-hydrogen) atoms. The first kappa shape index (κ1) is 15.4. The minimum Gasteiger partial charge on any atom is -0.415 e. The molecule has 1 amide bonds. The Kier molecular flexibility index (Phi) is 4.44. The molecule has 3 heterocycles. The lowest BCUT2D eigenvalue weighted by atomic mass is 10.4. The molecule has 9 heteroatoms. The highest BCUT2D eigenvalue weighted by Crippen LogP contribution is 2.32. The number of carbonyl (C=O) groups is 1. The molecule has 1 fully saturated rings. The standard InChI is InChI=1S/C13H17N5O2S2/c1-8-6-11(17(2)16-8)18-5-4-9(12(18)19)22-13-15-14-10(20-13)7-21-3/h6,9H,4-5,7H2,1-3H3. The Balaban J connectivity index is 1.69. The van der Waals surface area contributed by atoms with E-state index < -0.39 is 0 Å². The largest absolute Gasteiger partial charge is 0.415 e. The van der Waals surface area contributed by atoms with Crippen LogP contribution in [0.25, 0.3) is 0 Å². The Labute approximate surface area is 136 Å². The maximum atomic E-state index is 12.6. The van der Waals surface area contributed by atoms with E-state index in [0.29, 0.717) is 23.4 Å². The summed E-state index contributed by atoms with van der Waals surface area (Å²) in [7, 11) is 1.85. The highest BCUT2D eigenvalue weighted by Gasteiger charge is 2.36. The molecule has 3 rings (SSSR count). The Morgan fingerprint density at radius 3 is 2.95 bits per heavy atom. The topological polar surface area (TPSA) is 77.1 Å². The molecular weight excluding hydrogens is 322 g/mol. The van der Waals surface area contributed by atoms with E-state index in [0.717, 1.165) is 17.9 Å². The van der Waals surface area contributed by atoms with Gasteiger partial charge in [-0.25, -0.2) is 0 Å². The number of anilines is 1. The lowest BCUT2D eigenvalue weighted by Crippen LogP contribution is -2.29. The van der Waals surface area contributed by atoms with Gasteiger partial charge in [0.05, 0.1) is 16.7 Å². The maximum Gasteiger partial charge on any atom is 0.277 e. The van der Waals surface area contributed by atoms with E-state index in [2.05, 4.69) is 15.3 Å². The van der Waals surface area contributed by atoms with Gasteiger partial charge in [-0.05, 0) is 19.6 Å².